The van der Waals surface area contributed by atoms with E-state index in [1.165, 1.54) is 0 Å². The van der Waals surface area contributed by atoms with Crippen molar-refractivity contribution in [3.05, 3.63) is 180 Å². The highest BCUT2D eigenvalue weighted by Crippen LogP contribution is 2.38. The average Bonchev–Trinajstić information content (AvgIpc) is 3.52. The number of amides is 1. The van der Waals surface area contributed by atoms with E-state index in [9.17, 15) is 4.79 Å². The van der Waals surface area contributed by atoms with Gasteiger partial charge in [-0.05, 0) is 75.9 Å². The minimum absolute atomic E-state index is 0.464. The zero-order valence-corrected chi connectivity index (χ0v) is 24.7. The molecule has 7 aromatic rings. The normalized spacial score (nSPS) is 10.8. The molecule has 0 fully saturated rings. The summed E-state index contributed by atoms with van der Waals surface area (Å²) in [6, 6.07) is 52.5. The first-order valence-electron chi connectivity index (χ1n) is 14.9. The van der Waals surface area contributed by atoms with Gasteiger partial charge in [0.2, 0.25) is 0 Å². The maximum absolute atomic E-state index is 11.1. The number of fused-ring (bicyclic) bond motifs is 1. The van der Waals surface area contributed by atoms with Crippen LogP contribution in [0.1, 0.15) is 22.3 Å². The standard InChI is InChI=1S/C40H29N3O3/c44-40(45)41-31-22-25-34-35(26-31)43-39(42-34)33-18-10-11-19-36(33)46-32-23-20-30(21-24-32)38(29-16-8-3-9-17-29)37(27-12-4-1-5-13-27)28-14-6-2-7-15-28/h1-26,41H,(H,42,43)(H,44,45). The maximum Gasteiger partial charge on any atom is 0.409 e. The molecular formula is C40H29N3O3. The molecule has 7 rings (SSSR count). The smallest absolute Gasteiger partial charge is 0.409 e. The van der Waals surface area contributed by atoms with E-state index in [-0.39, 0.29) is 0 Å². The van der Waals surface area contributed by atoms with Crippen LogP contribution in [0.4, 0.5) is 10.5 Å². The number of ether oxygens (including phenoxy) is 1. The number of carboxylic acid groups (broad SMARTS) is 1. The molecule has 6 nitrogen and oxygen atoms in total. The zero-order chi connectivity index (χ0) is 31.3. The number of aromatic amines is 1. The third kappa shape index (κ3) is 6.00. The molecule has 46 heavy (non-hydrogen) atoms. The Morgan fingerprint density at radius 3 is 1.70 bits per heavy atom. The van der Waals surface area contributed by atoms with E-state index in [1.807, 2.05) is 54.6 Å². The number of hydrogen-bond donors (Lipinski definition) is 3. The number of rotatable bonds is 8. The van der Waals surface area contributed by atoms with Gasteiger partial charge < -0.3 is 14.8 Å². The number of nitrogens with one attached hydrogen (secondary N) is 2. The van der Waals surface area contributed by atoms with Crippen LogP contribution in [0.2, 0.25) is 0 Å². The Labute approximate surface area is 266 Å². The molecule has 0 spiro atoms. The summed E-state index contributed by atoms with van der Waals surface area (Å²) in [7, 11) is 0. The fourth-order valence-corrected chi connectivity index (χ4v) is 5.63. The Balaban J connectivity index is 1.26. The average molecular weight is 600 g/mol. The van der Waals surface area contributed by atoms with Crippen LogP contribution in [0.15, 0.2) is 158 Å². The van der Waals surface area contributed by atoms with Gasteiger partial charge in [0.05, 0.1) is 16.6 Å². The summed E-state index contributed by atoms with van der Waals surface area (Å²) in [6.07, 6.45) is -1.12. The molecule has 0 aliphatic carbocycles. The van der Waals surface area contributed by atoms with Crippen molar-refractivity contribution in [2.75, 3.05) is 5.32 Å². The van der Waals surface area contributed by atoms with Crippen LogP contribution in [0.3, 0.4) is 0 Å². The lowest BCUT2D eigenvalue weighted by Gasteiger charge is -2.18. The zero-order valence-electron chi connectivity index (χ0n) is 24.7. The highest BCUT2D eigenvalue weighted by molar-refractivity contribution is 6.04. The Morgan fingerprint density at radius 1 is 0.609 bits per heavy atom. The highest BCUT2D eigenvalue weighted by Gasteiger charge is 2.17. The number of nitrogens with zero attached hydrogens (tertiary/aromatic N) is 1. The van der Waals surface area contributed by atoms with Crippen LogP contribution in [-0.4, -0.2) is 21.2 Å². The minimum Gasteiger partial charge on any atom is -0.465 e. The number of imidazole rings is 1. The molecule has 0 atom stereocenters. The molecule has 3 N–H and O–H groups in total. The molecule has 1 amide bonds. The molecule has 1 heterocycles. The second-order valence-corrected chi connectivity index (χ2v) is 10.7. The number of hydrogen-bond acceptors (Lipinski definition) is 3. The van der Waals surface area contributed by atoms with Gasteiger partial charge >= 0.3 is 6.09 Å². The van der Waals surface area contributed by atoms with Crippen LogP contribution >= 0.6 is 0 Å². The van der Waals surface area contributed by atoms with Crippen molar-refractivity contribution in [3.63, 3.8) is 0 Å². The van der Waals surface area contributed by atoms with Gasteiger partial charge in [0.15, 0.2) is 0 Å². The quantitative estimate of drug-likeness (QED) is 0.152. The lowest BCUT2D eigenvalue weighted by atomic mass is 9.86. The van der Waals surface area contributed by atoms with Crippen molar-refractivity contribution >= 4 is 34.0 Å². The highest BCUT2D eigenvalue weighted by atomic mass is 16.5. The third-order valence-corrected chi connectivity index (χ3v) is 7.68. The molecule has 0 saturated heterocycles. The molecule has 0 aliphatic rings. The summed E-state index contributed by atoms with van der Waals surface area (Å²) in [4.78, 5) is 19.1. The number of aromatic nitrogens is 2. The Morgan fingerprint density at radius 2 is 1.13 bits per heavy atom. The molecular weight excluding hydrogens is 570 g/mol. The van der Waals surface area contributed by atoms with Gasteiger partial charge in [-0.1, -0.05) is 115 Å². The monoisotopic (exact) mass is 599 g/mol. The SMILES string of the molecule is O=C(O)Nc1ccc2nc(-c3ccccc3Oc3ccc(C(=C(c4ccccc4)c4ccccc4)c4ccccc4)cc3)[nH]c2c1. The Bertz CT molecular complexity index is 2110. The van der Waals surface area contributed by atoms with Crippen molar-refractivity contribution in [3.8, 4) is 22.9 Å². The van der Waals surface area contributed by atoms with Crippen molar-refractivity contribution in [1.29, 1.82) is 0 Å². The second kappa shape index (κ2) is 12.7. The van der Waals surface area contributed by atoms with Crippen molar-refractivity contribution in [2.45, 2.75) is 0 Å². The number of para-hydroxylation sites is 1. The predicted molar refractivity (Wildman–Crippen MR) is 184 cm³/mol. The summed E-state index contributed by atoms with van der Waals surface area (Å²) in [5, 5.41) is 11.5. The van der Waals surface area contributed by atoms with Crippen molar-refractivity contribution < 1.29 is 14.6 Å². The topological polar surface area (TPSA) is 87.2 Å². The van der Waals surface area contributed by atoms with Crippen LogP contribution in [-0.2, 0) is 0 Å². The number of H-pyrrole nitrogens is 1. The third-order valence-electron chi connectivity index (χ3n) is 7.68. The van der Waals surface area contributed by atoms with Gasteiger partial charge in [-0.2, -0.15) is 0 Å². The van der Waals surface area contributed by atoms with Crippen LogP contribution in [0, 0.1) is 0 Å². The molecule has 222 valence electrons. The first-order valence-corrected chi connectivity index (χ1v) is 14.9. The summed E-state index contributed by atoms with van der Waals surface area (Å²) in [5.74, 6) is 1.96. The lowest BCUT2D eigenvalue weighted by molar-refractivity contribution is 0.210. The summed E-state index contributed by atoms with van der Waals surface area (Å²) in [5.41, 5.74) is 9.43. The van der Waals surface area contributed by atoms with Crippen LogP contribution in [0.5, 0.6) is 11.5 Å². The van der Waals surface area contributed by atoms with Crippen molar-refractivity contribution in [1.82, 2.24) is 9.97 Å². The summed E-state index contributed by atoms with van der Waals surface area (Å²) in [6.45, 7) is 0. The summed E-state index contributed by atoms with van der Waals surface area (Å²) < 4.78 is 6.44. The van der Waals surface area contributed by atoms with E-state index in [2.05, 4.69) is 95.2 Å². The Hall–Kier alpha value is -6.40. The first-order chi connectivity index (χ1) is 22.6. The van der Waals surface area contributed by atoms with Crippen LogP contribution in [0.25, 0.3) is 33.6 Å². The number of anilines is 1. The lowest BCUT2D eigenvalue weighted by Crippen LogP contribution is -2.06. The maximum atomic E-state index is 11.1. The predicted octanol–water partition coefficient (Wildman–Crippen LogP) is 10.1. The molecule has 0 radical (unpaired) electrons. The molecule has 0 aliphatic heterocycles. The van der Waals surface area contributed by atoms with Gasteiger partial charge in [0, 0.05) is 5.69 Å². The van der Waals surface area contributed by atoms with Gasteiger partial charge in [0.1, 0.15) is 17.3 Å². The number of carbonyl (C=O) groups is 1. The minimum atomic E-state index is -1.12. The fourth-order valence-electron chi connectivity index (χ4n) is 5.63. The molecule has 6 aromatic carbocycles. The number of benzene rings is 6. The molecule has 1 aromatic heterocycles. The van der Waals surface area contributed by atoms with Crippen LogP contribution < -0.4 is 10.1 Å². The largest absolute Gasteiger partial charge is 0.465 e. The van der Waals surface area contributed by atoms with E-state index in [4.69, 9.17) is 14.8 Å². The van der Waals surface area contributed by atoms with Gasteiger partial charge in [-0.15, -0.1) is 0 Å². The first kappa shape index (κ1) is 28.4. The van der Waals surface area contributed by atoms with E-state index in [0.29, 0.717) is 28.5 Å². The molecule has 0 saturated carbocycles. The van der Waals surface area contributed by atoms with Gasteiger partial charge in [0.25, 0.3) is 0 Å². The molecule has 0 bridgehead atoms. The van der Waals surface area contributed by atoms with E-state index in [1.54, 1.807) is 18.2 Å². The van der Waals surface area contributed by atoms with Gasteiger partial charge in [-0.3, -0.25) is 5.32 Å². The summed E-state index contributed by atoms with van der Waals surface area (Å²) >= 11 is 0. The van der Waals surface area contributed by atoms with Gasteiger partial charge in [-0.25, -0.2) is 9.78 Å². The van der Waals surface area contributed by atoms with E-state index in [0.717, 1.165) is 44.5 Å². The fraction of sp³-hybridized carbons (Fsp3) is 0. The van der Waals surface area contributed by atoms with Crippen molar-refractivity contribution in [2.24, 2.45) is 0 Å². The van der Waals surface area contributed by atoms with E-state index < -0.39 is 6.09 Å². The second-order valence-electron chi connectivity index (χ2n) is 10.7. The Kier molecular flexibility index (Phi) is 7.82. The molecule has 0 unspecified atom stereocenters. The molecule has 6 heteroatoms. The van der Waals surface area contributed by atoms with E-state index >= 15 is 0 Å².